The standard InChI is InChI=1S/C12H12ClN3O2/c1-15-11(6-16(7-14)12(15)17)9-4-3-8(18-2)5-10(9)13/h3-5,11H,6H2,1-2H3. The number of amides is 2. The molecule has 0 spiro atoms. The van der Waals surface area contributed by atoms with Gasteiger partial charge in [0.2, 0.25) is 0 Å². The summed E-state index contributed by atoms with van der Waals surface area (Å²) in [6, 6.07) is 4.78. The van der Waals surface area contributed by atoms with Gasteiger partial charge in [-0.1, -0.05) is 17.7 Å². The van der Waals surface area contributed by atoms with E-state index in [0.29, 0.717) is 17.3 Å². The molecule has 1 aliphatic heterocycles. The van der Waals surface area contributed by atoms with Crippen LogP contribution in [0.3, 0.4) is 0 Å². The molecule has 0 bridgehead atoms. The van der Waals surface area contributed by atoms with Crippen LogP contribution in [0.1, 0.15) is 11.6 Å². The molecule has 0 aliphatic carbocycles. The summed E-state index contributed by atoms with van der Waals surface area (Å²) in [5, 5.41) is 9.37. The van der Waals surface area contributed by atoms with Crippen molar-refractivity contribution in [1.82, 2.24) is 9.80 Å². The number of nitriles is 1. The van der Waals surface area contributed by atoms with Crippen LogP contribution in [0.5, 0.6) is 5.75 Å². The molecule has 0 radical (unpaired) electrons. The van der Waals surface area contributed by atoms with Crippen molar-refractivity contribution in [2.75, 3.05) is 20.7 Å². The van der Waals surface area contributed by atoms with E-state index in [1.54, 1.807) is 26.3 Å². The van der Waals surface area contributed by atoms with Crippen molar-refractivity contribution >= 4 is 17.6 Å². The van der Waals surface area contributed by atoms with E-state index in [1.165, 1.54) is 4.90 Å². The van der Waals surface area contributed by atoms with Crippen LogP contribution >= 0.6 is 11.6 Å². The van der Waals surface area contributed by atoms with Gasteiger partial charge in [-0.05, 0) is 17.7 Å². The van der Waals surface area contributed by atoms with E-state index >= 15 is 0 Å². The van der Waals surface area contributed by atoms with Crippen LogP contribution in [0.25, 0.3) is 0 Å². The van der Waals surface area contributed by atoms with Crippen molar-refractivity contribution in [1.29, 1.82) is 5.26 Å². The smallest absolute Gasteiger partial charge is 0.333 e. The number of urea groups is 1. The zero-order chi connectivity index (χ0) is 13.3. The number of rotatable bonds is 2. The van der Waals surface area contributed by atoms with Crippen LogP contribution in [0.2, 0.25) is 5.02 Å². The van der Waals surface area contributed by atoms with E-state index in [2.05, 4.69) is 0 Å². The van der Waals surface area contributed by atoms with Crippen molar-refractivity contribution in [3.05, 3.63) is 28.8 Å². The summed E-state index contributed by atoms with van der Waals surface area (Å²) < 4.78 is 5.08. The third kappa shape index (κ3) is 1.95. The molecule has 6 heteroatoms. The Kier molecular flexibility index (Phi) is 3.30. The van der Waals surface area contributed by atoms with Gasteiger partial charge in [-0.3, -0.25) is 0 Å². The van der Waals surface area contributed by atoms with Crippen molar-refractivity contribution in [3.8, 4) is 11.9 Å². The number of likely N-dealkylation sites (N-methyl/N-ethyl adjacent to an activating group) is 1. The normalized spacial score (nSPS) is 19.0. The van der Waals surface area contributed by atoms with Gasteiger partial charge < -0.3 is 9.64 Å². The maximum atomic E-state index is 11.7. The first kappa shape index (κ1) is 12.5. The van der Waals surface area contributed by atoms with Gasteiger partial charge >= 0.3 is 6.03 Å². The molecule has 2 amide bonds. The first-order valence-electron chi connectivity index (χ1n) is 5.36. The van der Waals surface area contributed by atoms with E-state index in [0.717, 1.165) is 10.5 Å². The van der Waals surface area contributed by atoms with E-state index in [-0.39, 0.29) is 12.1 Å². The van der Waals surface area contributed by atoms with E-state index in [9.17, 15) is 4.79 Å². The van der Waals surface area contributed by atoms with E-state index in [4.69, 9.17) is 21.6 Å². The summed E-state index contributed by atoms with van der Waals surface area (Å²) in [6.45, 7) is 0.317. The van der Waals surface area contributed by atoms with Gasteiger partial charge in [0.1, 0.15) is 5.75 Å². The Morgan fingerprint density at radius 2 is 2.28 bits per heavy atom. The second-order valence-electron chi connectivity index (χ2n) is 4.01. The zero-order valence-corrected chi connectivity index (χ0v) is 10.8. The minimum Gasteiger partial charge on any atom is -0.497 e. The van der Waals surface area contributed by atoms with Crippen molar-refractivity contribution in [2.45, 2.75) is 6.04 Å². The Morgan fingerprint density at radius 3 is 2.78 bits per heavy atom. The summed E-state index contributed by atoms with van der Waals surface area (Å²) in [4.78, 5) is 14.3. The van der Waals surface area contributed by atoms with Gasteiger partial charge in [-0.25, -0.2) is 9.69 Å². The number of hydrogen-bond acceptors (Lipinski definition) is 3. The van der Waals surface area contributed by atoms with Crippen LogP contribution in [-0.4, -0.2) is 36.5 Å². The molecule has 18 heavy (non-hydrogen) atoms. The molecule has 1 aliphatic rings. The Labute approximate surface area is 110 Å². The lowest BCUT2D eigenvalue weighted by Gasteiger charge is -2.19. The fourth-order valence-electron chi connectivity index (χ4n) is 1.99. The average Bonchev–Trinajstić information content (AvgIpc) is 2.66. The lowest BCUT2D eigenvalue weighted by molar-refractivity contribution is 0.205. The largest absolute Gasteiger partial charge is 0.497 e. The fourth-order valence-corrected chi connectivity index (χ4v) is 2.29. The van der Waals surface area contributed by atoms with Crippen molar-refractivity contribution in [3.63, 3.8) is 0 Å². The molecule has 1 fully saturated rings. The number of hydrogen-bond donors (Lipinski definition) is 0. The molecule has 1 unspecified atom stereocenters. The SMILES string of the molecule is COc1ccc(C2CN(C#N)C(=O)N2C)c(Cl)c1. The molecule has 2 rings (SSSR count). The molecule has 1 aromatic carbocycles. The number of methoxy groups -OCH3 is 1. The molecular weight excluding hydrogens is 254 g/mol. The fraction of sp³-hybridized carbons (Fsp3) is 0.333. The lowest BCUT2D eigenvalue weighted by atomic mass is 10.1. The molecule has 0 N–H and O–H groups in total. The maximum Gasteiger partial charge on any atom is 0.333 e. The number of ether oxygens (including phenoxy) is 1. The van der Waals surface area contributed by atoms with Crippen LogP contribution < -0.4 is 4.74 Å². The minimum absolute atomic E-state index is 0.212. The highest BCUT2D eigenvalue weighted by Crippen LogP contribution is 2.34. The summed E-state index contributed by atoms with van der Waals surface area (Å²) in [5.74, 6) is 0.660. The molecule has 94 valence electrons. The Balaban J connectivity index is 2.33. The Bertz CT molecular complexity index is 527. The van der Waals surface area contributed by atoms with Gasteiger partial charge in [0, 0.05) is 12.1 Å². The number of halogens is 1. The van der Waals surface area contributed by atoms with Gasteiger partial charge in [-0.15, -0.1) is 0 Å². The minimum atomic E-state index is -0.311. The van der Waals surface area contributed by atoms with E-state index < -0.39 is 0 Å². The molecule has 1 saturated heterocycles. The van der Waals surface area contributed by atoms with Crippen molar-refractivity contribution < 1.29 is 9.53 Å². The monoisotopic (exact) mass is 265 g/mol. The maximum absolute atomic E-state index is 11.7. The molecule has 0 aromatic heterocycles. The van der Waals surface area contributed by atoms with Gasteiger partial charge in [0.05, 0.1) is 19.7 Å². The molecule has 1 atom stereocenters. The quantitative estimate of drug-likeness (QED) is 0.771. The first-order valence-corrected chi connectivity index (χ1v) is 5.73. The zero-order valence-electron chi connectivity index (χ0n) is 10.1. The highest BCUT2D eigenvalue weighted by atomic mass is 35.5. The Morgan fingerprint density at radius 1 is 1.56 bits per heavy atom. The Hall–Kier alpha value is -1.93. The van der Waals surface area contributed by atoms with Crippen molar-refractivity contribution in [2.24, 2.45) is 0 Å². The highest BCUT2D eigenvalue weighted by Gasteiger charge is 2.36. The topological polar surface area (TPSA) is 56.6 Å². The number of benzene rings is 1. The number of nitrogens with zero attached hydrogens (tertiary/aromatic N) is 3. The molecule has 5 nitrogen and oxygen atoms in total. The average molecular weight is 266 g/mol. The summed E-state index contributed by atoms with van der Waals surface area (Å²) in [7, 11) is 3.22. The van der Waals surface area contributed by atoms with Gasteiger partial charge in [-0.2, -0.15) is 5.26 Å². The summed E-state index contributed by atoms with van der Waals surface area (Å²) in [5.41, 5.74) is 0.811. The molecule has 1 aromatic rings. The van der Waals surface area contributed by atoms with Gasteiger partial charge in [0.25, 0.3) is 0 Å². The lowest BCUT2D eigenvalue weighted by Crippen LogP contribution is -2.26. The van der Waals surface area contributed by atoms with Gasteiger partial charge in [0.15, 0.2) is 6.19 Å². The number of carbonyl (C=O) groups is 1. The second kappa shape index (κ2) is 4.75. The molecular formula is C12H12ClN3O2. The molecule has 0 saturated carbocycles. The molecule has 1 heterocycles. The predicted octanol–water partition coefficient (Wildman–Crippen LogP) is 2.24. The van der Waals surface area contributed by atoms with Crippen LogP contribution in [0.15, 0.2) is 18.2 Å². The van der Waals surface area contributed by atoms with Crippen LogP contribution in [-0.2, 0) is 0 Å². The number of carbonyl (C=O) groups excluding carboxylic acids is 1. The van der Waals surface area contributed by atoms with E-state index in [1.807, 2.05) is 12.3 Å². The first-order chi connectivity index (χ1) is 8.58. The summed E-state index contributed by atoms with van der Waals surface area (Å²) in [6.07, 6.45) is 1.86. The third-order valence-corrected chi connectivity index (χ3v) is 3.37. The highest BCUT2D eigenvalue weighted by molar-refractivity contribution is 6.31. The predicted molar refractivity (Wildman–Crippen MR) is 66.2 cm³/mol. The second-order valence-corrected chi connectivity index (χ2v) is 4.41. The third-order valence-electron chi connectivity index (χ3n) is 3.04. The van der Waals surface area contributed by atoms with Crippen LogP contribution in [0, 0.1) is 11.5 Å². The summed E-state index contributed by atoms with van der Waals surface area (Å²) >= 11 is 6.17. The van der Waals surface area contributed by atoms with Crippen LogP contribution in [0.4, 0.5) is 4.79 Å².